The minimum absolute atomic E-state index is 0.0647. The zero-order valence-electron chi connectivity index (χ0n) is 19.0. The van der Waals surface area contributed by atoms with E-state index < -0.39 is 35.3 Å². The monoisotopic (exact) mass is 503 g/mol. The predicted octanol–water partition coefficient (Wildman–Crippen LogP) is 4.04. The van der Waals surface area contributed by atoms with Gasteiger partial charge in [0.05, 0.1) is 40.4 Å². The number of rotatable bonds is 5. The van der Waals surface area contributed by atoms with Gasteiger partial charge < -0.3 is 10.6 Å². The highest BCUT2D eigenvalue weighted by Gasteiger charge is 2.34. The lowest BCUT2D eigenvalue weighted by Gasteiger charge is -2.25. The Kier molecular flexibility index (Phi) is 6.66. The van der Waals surface area contributed by atoms with Crippen LogP contribution in [0.4, 0.5) is 13.2 Å². The molecule has 2 atom stereocenters. The Labute approximate surface area is 204 Å². The molecule has 1 aliphatic heterocycles. The third-order valence-electron chi connectivity index (χ3n) is 5.88. The third kappa shape index (κ3) is 4.79. The first-order valence-corrected chi connectivity index (χ1v) is 11.0. The second-order valence-electron chi connectivity index (χ2n) is 8.18. The number of hydrogen-bond donors (Lipinski definition) is 2. The number of aromatic nitrogens is 1. The highest BCUT2D eigenvalue weighted by molar-refractivity contribution is 6.31. The molecule has 35 heavy (non-hydrogen) atoms. The van der Waals surface area contributed by atoms with Crippen molar-refractivity contribution in [3.63, 3.8) is 0 Å². The number of nitrogens with zero attached hydrogens (tertiary/aromatic N) is 3. The normalized spacial score (nSPS) is 17.5. The van der Waals surface area contributed by atoms with Crippen molar-refractivity contribution < 1.29 is 22.8 Å². The van der Waals surface area contributed by atoms with Gasteiger partial charge in [-0.1, -0.05) is 17.7 Å². The Bertz CT molecular complexity index is 1380. The standard InChI is InChI=1S/C24H21ClF3N5O2/c1-11-22(12(2)33(32-11)10-13-4-5-14(26)6-18(13)27)31-23(34)16-8-21(24(35)29-3)30-20-9-19(28)17(25)7-15(16)20/h4-9,12,22H,10H2,1-3H3,(H,29,35)(H,31,34). The molecular formula is C24H21ClF3N5O2. The summed E-state index contributed by atoms with van der Waals surface area (Å²) < 4.78 is 41.4. The van der Waals surface area contributed by atoms with Crippen LogP contribution < -0.4 is 10.6 Å². The number of hydrazone groups is 1. The van der Waals surface area contributed by atoms with E-state index in [1.807, 2.05) is 0 Å². The molecule has 7 nitrogen and oxygen atoms in total. The van der Waals surface area contributed by atoms with E-state index in [0.717, 1.165) is 12.1 Å². The minimum Gasteiger partial charge on any atom is -0.354 e. The summed E-state index contributed by atoms with van der Waals surface area (Å²) >= 11 is 5.94. The number of nitrogens with one attached hydrogen (secondary N) is 2. The van der Waals surface area contributed by atoms with Crippen LogP contribution in [-0.2, 0) is 6.54 Å². The van der Waals surface area contributed by atoms with Gasteiger partial charge in [0.25, 0.3) is 11.8 Å². The fourth-order valence-corrected chi connectivity index (χ4v) is 4.14. The number of hydrogen-bond acceptors (Lipinski definition) is 5. The molecule has 0 spiro atoms. The average molecular weight is 504 g/mol. The summed E-state index contributed by atoms with van der Waals surface area (Å²) in [5, 5.41) is 11.4. The molecule has 0 aliphatic carbocycles. The molecule has 0 fully saturated rings. The van der Waals surface area contributed by atoms with Gasteiger partial charge in [-0.05, 0) is 32.0 Å². The van der Waals surface area contributed by atoms with E-state index in [1.54, 1.807) is 18.9 Å². The molecule has 0 radical (unpaired) electrons. The van der Waals surface area contributed by atoms with Gasteiger partial charge in [-0.3, -0.25) is 14.6 Å². The van der Waals surface area contributed by atoms with Crippen LogP contribution >= 0.6 is 11.6 Å². The number of fused-ring (bicyclic) bond motifs is 1. The van der Waals surface area contributed by atoms with Crippen LogP contribution in [0.2, 0.25) is 5.02 Å². The van der Waals surface area contributed by atoms with Gasteiger partial charge >= 0.3 is 0 Å². The maximum atomic E-state index is 14.1. The summed E-state index contributed by atoms with van der Waals surface area (Å²) in [6.45, 7) is 3.60. The zero-order valence-corrected chi connectivity index (χ0v) is 19.8. The lowest BCUT2D eigenvalue weighted by molar-refractivity contribution is 0.0931. The van der Waals surface area contributed by atoms with Crippen LogP contribution in [0.25, 0.3) is 10.9 Å². The number of amides is 2. The van der Waals surface area contributed by atoms with Crippen molar-refractivity contribution in [3.8, 4) is 0 Å². The van der Waals surface area contributed by atoms with Gasteiger partial charge in [0.1, 0.15) is 23.1 Å². The Morgan fingerprint density at radius 3 is 2.51 bits per heavy atom. The van der Waals surface area contributed by atoms with E-state index in [4.69, 9.17) is 11.6 Å². The first-order chi connectivity index (χ1) is 16.6. The van der Waals surface area contributed by atoms with Gasteiger partial charge in [-0.15, -0.1) is 0 Å². The second-order valence-corrected chi connectivity index (χ2v) is 8.59. The van der Waals surface area contributed by atoms with Crippen molar-refractivity contribution >= 4 is 40.0 Å². The van der Waals surface area contributed by atoms with Crippen molar-refractivity contribution in [2.45, 2.75) is 32.5 Å². The number of benzene rings is 2. The maximum absolute atomic E-state index is 14.1. The molecule has 0 saturated heterocycles. The largest absolute Gasteiger partial charge is 0.354 e. The molecule has 0 bridgehead atoms. The zero-order chi connectivity index (χ0) is 25.4. The number of carbonyl (C=O) groups excluding carboxylic acids is 2. The van der Waals surface area contributed by atoms with E-state index in [-0.39, 0.29) is 45.3 Å². The summed E-state index contributed by atoms with van der Waals surface area (Å²) in [7, 11) is 1.41. The smallest absolute Gasteiger partial charge is 0.269 e. The van der Waals surface area contributed by atoms with Crippen molar-refractivity contribution in [2.75, 3.05) is 7.05 Å². The summed E-state index contributed by atoms with van der Waals surface area (Å²) in [5.74, 6) is -3.19. The van der Waals surface area contributed by atoms with E-state index in [1.165, 1.54) is 31.3 Å². The van der Waals surface area contributed by atoms with Gasteiger partial charge in [-0.25, -0.2) is 18.2 Å². The van der Waals surface area contributed by atoms with Crippen molar-refractivity contribution in [3.05, 3.63) is 75.7 Å². The van der Waals surface area contributed by atoms with Gasteiger partial charge in [-0.2, -0.15) is 5.10 Å². The molecule has 182 valence electrons. The summed E-state index contributed by atoms with van der Waals surface area (Å²) in [4.78, 5) is 29.7. The molecule has 4 rings (SSSR count). The van der Waals surface area contributed by atoms with E-state index in [0.29, 0.717) is 5.71 Å². The van der Waals surface area contributed by atoms with Crippen LogP contribution in [-0.4, -0.2) is 46.7 Å². The first-order valence-electron chi connectivity index (χ1n) is 10.7. The SMILES string of the molecule is CNC(=O)c1cc(C(=O)NC2C(C)=NN(Cc3ccc(F)cc3F)C2C)c2cc(Cl)c(F)cc2n1. The van der Waals surface area contributed by atoms with Crippen LogP contribution in [0.5, 0.6) is 0 Å². The van der Waals surface area contributed by atoms with Gasteiger partial charge in [0.15, 0.2) is 0 Å². The van der Waals surface area contributed by atoms with Gasteiger partial charge in [0.2, 0.25) is 0 Å². The van der Waals surface area contributed by atoms with Crippen molar-refractivity contribution in [1.82, 2.24) is 20.6 Å². The Morgan fingerprint density at radius 1 is 1.09 bits per heavy atom. The number of carbonyl (C=O) groups is 2. The summed E-state index contributed by atoms with van der Waals surface area (Å²) in [6.07, 6.45) is 0. The van der Waals surface area contributed by atoms with Crippen LogP contribution in [0.1, 0.15) is 40.3 Å². The van der Waals surface area contributed by atoms with Crippen LogP contribution in [0.3, 0.4) is 0 Å². The van der Waals surface area contributed by atoms with Crippen molar-refractivity contribution in [2.24, 2.45) is 5.10 Å². The number of pyridine rings is 1. The molecule has 1 aliphatic rings. The Hall–Kier alpha value is -3.66. The molecule has 3 aromatic rings. The Morgan fingerprint density at radius 2 is 1.83 bits per heavy atom. The quantitative estimate of drug-likeness (QED) is 0.550. The second kappa shape index (κ2) is 9.53. The molecule has 2 unspecified atom stereocenters. The molecule has 11 heteroatoms. The molecular weight excluding hydrogens is 483 g/mol. The number of halogens is 4. The lowest BCUT2D eigenvalue weighted by atomic mass is 10.0. The predicted molar refractivity (Wildman–Crippen MR) is 126 cm³/mol. The molecule has 2 heterocycles. The molecule has 2 aromatic carbocycles. The van der Waals surface area contributed by atoms with Crippen LogP contribution in [0.15, 0.2) is 41.5 Å². The van der Waals surface area contributed by atoms with E-state index in [2.05, 4.69) is 20.7 Å². The average Bonchev–Trinajstić information content (AvgIpc) is 3.07. The molecule has 0 saturated carbocycles. The van der Waals surface area contributed by atoms with E-state index >= 15 is 0 Å². The fraction of sp³-hybridized carbons (Fsp3) is 0.250. The Balaban J connectivity index is 1.63. The minimum atomic E-state index is -0.733. The third-order valence-corrected chi connectivity index (χ3v) is 6.17. The van der Waals surface area contributed by atoms with Crippen molar-refractivity contribution in [1.29, 1.82) is 0 Å². The molecule has 1 aromatic heterocycles. The lowest BCUT2D eigenvalue weighted by Crippen LogP contribution is -2.47. The maximum Gasteiger partial charge on any atom is 0.269 e. The highest BCUT2D eigenvalue weighted by Crippen LogP contribution is 2.27. The van der Waals surface area contributed by atoms with E-state index in [9.17, 15) is 22.8 Å². The summed E-state index contributed by atoms with van der Waals surface area (Å²) in [6, 6.07) is 6.06. The highest BCUT2D eigenvalue weighted by atomic mass is 35.5. The van der Waals surface area contributed by atoms with Gasteiger partial charge in [0, 0.05) is 30.1 Å². The topological polar surface area (TPSA) is 86.7 Å². The van der Waals surface area contributed by atoms with Crippen LogP contribution in [0, 0.1) is 17.5 Å². The first kappa shape index (κ1) is 24.5. The fourth-order valence-electron chi connectivity index (χ4n) is 3.98. The molecule has 2 N–H and O–H groups in total. The summed E-state index contributed by atoms with van der Waals surface area (Å²) in [5.41, 5.74) is 0.941. The molecule has 2 amide bonds.